The molecule has 5 heteroatoms. The van der Waals surface area contributed by atoms with E-state index in [1.807, 2.05) is 31.2 Å². The van der Waals surface area contributed by atoms with E-state index in [0.717, 1.165) is 22.6 Å². The Morgan fingerprint density at radius 2 is 1.85 bits per heavy atom. The average Bonchev–Trinajstić information content (AvgIpc) is 2.42. The van der Waals surface area contributed by atoms with Gasteiger partial charge in [0.15, 0.2) is 5.15 Å². The van der Waals surface area contributed by atoms with Crippen LogP contribution in [0.3, 0.4) is 0 Å². The van der Waals surface area contributed by atoms with Crippen LogP contribution in [-0.2, 0) is 0 Å². The number of nitrogens with one attached hydrogen (secondary N) is 1. The number of ether oxygens (including phenoxy) is 1. The number of methoxy groups -OCH3 is 1. The fraction of sp³-hybridized carbons (Fsp3) is 0.267. The smallest absolute Gasteiger partial charge is 0.154 e. The summed E-state index contributed by atoms with van der Waals surface area (Å²) in [6.45, 7) is 4.01. The summed E-state index contributed by atoms with van der Waals surface area (Å²) in [5.74, 6) is 0.836. The Hall–Kier alpha value is -1.45. The summed E-state index contributed by atoms with van der Waals surface area (Å²) in [7, 11) is 1.65. The van der Waals surface area contributed by atoms with Crippen molar-refractivity contribution in [1.29, 1.82) is 0 Å². The normalized spacial score (nSPS) is 12.1. The Balaban J connectivity index is 2.20. The molecule has 1 aromatic carbocycles. The van der Waals surface area contributed by atoms with E-state index >= 15 is 0 Å². The van der Waals surface area contributed by atoms with Crippen molar-refractivity contribution in [3.63, 3.8) is 0 Å². The lowest BCUT2D eigenvalue weighted by Crippen LogP contribution is -2.08. The van der Waals surface area contributed by atoms with Gasteiger partial charge in [0.05, 0.1) is 12.8 Å². The van der Waals surface area contributed by atoms with Crippen LogP contribution in [0.5, 0.6) is 5.75 Å². The molecule has 0 bridgehead atoms. The molecule has 106 valence electrons. The van der Waals surface area contributed by atoms with Gasteiger partial charge in [-0.2, -0.15) is 0 Å². The first-order valence-corrected chi connectivity index (χ1v) is 7.00. The third-order valence-corrected chi connectivity index (χ3v) is 3.58. The third kappa shape index (κ3) is 3.35. The van der Waals surface area contributed by atoms with Gasteiger partial charge in [-0.25, -0.2) is 4.98 Å². The highest BCUT2D eigenvalue weighted by molar-refractivity contribution is 6.34. The van der Waals surface area contributed by atoms with Crippen LogP contribution in [-0.4, -0.2) is 12.1 Å². The van der Waals surface area contributed by atoms with Gasteiger partial charge in [-0.15, -0.1) is 0 Å². The van der Waals surface area contributed by atoms with Gasteiger partial charge in [0.2, 0.25) is 0 Å². The van der Waals surface area contributed by atoms with Crippen LogP contribution >= 0.6 is 23.2 Å². The Morgan fingerprint density at radius 1 is 1.20 bits per heavy atom. The van der Waals surface area contributed by atoms with Crippen LogP contribution in [0.2, 0.25) is 10.3 Å². The first-order valence-electron chi connectivity index (χ1n) is 6.24. The van der Waals surface area contributed by atoms with Crippen LogP contribution in [0.1, 0.15) is 24.1 Å². The van der Waals surface area contributed by atoms with Crippen molar-refractivity contribution in [3.05, 3.63) is 51.8 Å². The van der Waals surface area contributed by atoms with E-state index in [9.17, 15) is 0 Å². The summed E-state index contributed by atoms with van der Waals surface area (Å²) < 4.78 is 5.15. The topological polar surface area (TPSA) is 34.1 Å². The molecule has 2 aromatic rings. The second-order valence-corrected chi connectivity index (χ2v) is 5.31. The minimum absolute atomic E-state index is 0.0973. The number of aromatic nitrogens is 1. The van der Waals surface area contributed by atoms with Gasteiger partial charge in [-0.05, 0) is 43.2 Å². The van der Waals surface area contributed by atoms with E-state index in [1.165, 1.54) is 0 Å². The number of rotatable bonds is 4. The largest absolute Gasteiger partial charge is 0.497 e. The molecule has 0 aliphatic heterocycles. The van der Waals surface area contributed by atoms with Gasteiger partial charge < -0.3 is 10.1 Å². The molecule has 0 saturated heterocycles. The van der Waals surface area contributed by atoms with Crippen molar-refractivity contribution in [2.24, 2.45) is 0 Å². The molecular weight excluding hydrogens is 295 g/mol. The van der Waals surface area contributed by atoms with E-state index in [2.05, 4.69) is 17.2 Å². The van der Waals surface area contributed by atoms with Crippen molar-refractivity contribution in [2.75, 3.05) is 12.4 Å². The fourth-order valence-electron chi connectivity index (χ4n) is 1.96. The highest BCUT2D eigenvalue weighted by Gasteiger charge is 2.12. The molecule has 1 atom stereocenters. The number of pyridine rings is 1. The summed E-state index contributed by atoms with van der Waals surface area (Å²) in [6, 6.07) is 9.78. The van der Waals surface area contributed by atoms with Crippen molar-refractivity contribution in [3.8, 4) is 5.75 Å². The Labute approximate surface area is 128 Å². The average molecular weight is 311 g/mol. The number of hydrogen-bond donors (Lipinski definition) is 1. The van der Waals surface area contributed by atoms with E-state index in [1.54, 1.807) is 13.2 Å². The van der Waals surface area contributed by atoms with E-state index in [0.29, 0.717) is 10.3 Å². The molecule has 0 spiro atoms. The van der Waals surface area contributed by atoms with Gasteiger partial charge in [-0.1, -0.05) is 35.3 Å². The maximum atomic E-state index is 6.14. The molecule has 0 aliphatic rings. The molecule has 2 rings (SSSR count). The van der Waals surface area contributed by atoms with Crippen molar-refractivity contribution in [1.82, 2.24) is 4.98 Å². The molecule has 0 saturated carbocycles. The van der Waals surface area contributed by atoms with E-state index in [-0.39, 0.29) is 6.04 Å². The maximum Gasteiger partial charge on any atom is 0.154 e. The molecule has 1 aromatic heterocycles. The molecule has 0 aliphatic carbocycles. The van der Waals surface area contributed by atoms with Crippen LogP contribution in [0.25, 0.3) is 0 Å². The third-order valence-electron chi connectivity index (χ3n) is 3.12. The number of anilines is 1. The molecule has 1 unspecified atom stereocenters. The maximum absolute atomic E-state index is 6.14. The minimum Gasteiger partial charge on any atom is -0.497 e. The standard InChI is InChI=1S/C15H16Cl2N2O/c1-9-8-13(16)19-15(17)14(9)18-10(2)11-4-6-12(20-3)7-5-11/h4-8,10,18H,1-3H3. The Kier molecular flexibility index (Phi) is 4.73. The van der Waals surface area contributed by atoms with Crippen LogP contribution in [0, 0.1) is 6.92 Å². The number of benzene rings is 1. The second kappa shape index (κ2) is 6.33. The van der Waals surface area contributed by atoms with Crippen molar-refractivity contribution < 1.29 is 4.74 Å². The zero-order chi connectivity index (χ0) is 14.7. The number of nitrogens with zero attached hydrogens (tertiary/aromatic N) is 1. The highest BCUT2D eigenvalue weighted by atomic mass is 35.5. The monoisotopic (exact) mass is 310 g/mol. The fourth-order valence-corrected chi connectivity index (χ4v) is 2.55. The second-order valence-electron chi connectivity index (χ2n) is 4.57. The molecule has 1 N–H and O–H groups in total. The van der Waals surface area contributed by atoms with Gasteiger partial charge in [0.25, 0.3) is 0 Å². The summed E-state index contributed by atoms with van der Waals surface area (Å²) in [6.07, 6.45) is 0. The SMILES string of the molecule is COc1ccc(C(C)Nc2c(C)cc(Cl)nc2Cl)cc1. The van der Waals surface area contributed by atoms with Crippen molar-refractivity contribution in [2.45, 2.75) is 19.9 Å². The van der Waals surface area contributed by atoms with Gasteiger partial charge in [0, 0.05) is 6.04 Å². The Morgan fingerprint density at radius 3 is 2.40 bits per heavy atom. The van der Waals surface area contributed by atoms with E-state index < -0.39 is 0 Å². The van der Waals surface area contributed by atoms with Crippen LogP contribution < -0.4 is 10.1 Å². The summed E-state index contributed by atoms with van der Waals surface area (Å²) in [5, 5.41) is 4.15. The lowest BCUT2D eigenvalue weighted by molar-refractivity contribution is 0.414. The molecule has 0 radical (unpaired) electrons. The first kappa shape index (κ1) is 14.9. The minimum atomic E-state index is 0.0973. The molecule has 1 heterocycles. The lowest BCUT2D eigenvalue weighted by atomic mass is 10.1. The van der Waals surface area contributed by atoms with Crippen LogP contribution in [0.15, 0.2) is 30.3 Å². The van der Waals surface area contributed by atoms with E-state index in [4.69, 9.17) is 27.9 Å². The van der Waals surface area contributed by atoms with Gasteiger partial charge in [-0.3, -0.25) is 0 Å². The van der Waals surface area contributed by atoms with Crippen molar-refractivity contribution >= 4 is 28.9 Å². The number of halogens is 2. The molecule has 0 amide bonds. The zero-order valence-corrected chi connectivity index (χ0v) is 13.1. The lowest BCUT2D eigenvalue weighted by Gasteiger charge is -2.18. The predicted molar refractivity (Wildman–Crippen MR) is 84.0 cm³/mol. The summed E-state index contributed by atoms with van der Waals surface area (Å²) in [4.78, 5) is 4.06. The molecule has 20 heavy (non-hydrogen) atoms. The Bertz CT molecular complexity index is 576. The quantitative estimate of drug-likeness (QED) is 0.817. The molecular formula is C15H16Cl2N2O. The highest BCUT2D eigenvalue weighted by Crippen LogP contribution is 2.30. The number of aryl methyl sites for hydroxylation is 1. The van der Waals surface area contributed by atoms with Gasteiger partial charge >= 0.3 is 0 Å². The molecule has 3 nitrogen and oxygen atoms in total. The van der Waals surface area contributed by atoms with Crippen LogP contribution in [0.4, 0.5) is 5.69 Å². The number of hydrogen-bond acceptors (Lipinski definition) is 3. The molecule has 0 fully saturated rings. The first-order chi connectivity index (χ1) is 9.51. The predicted octanol–water partition coefficient (Wildman–Crippen LogP) is 4.88. The summed E-state index contributed by atoms with van der Waals surface area (Å²) in [5.41, 5.74) is 2.91. The van der Waals surface area contributed by atoms with Gasteiger partial charge in [0.1, 0.15) is 10.9 Å². The summed E-state index contributed by atoms with van der Waals surface area (Å²) >= 11 is 12.0. The zero-order valence-electron chi connectivity index (χ0n) is 11.6.